The van der Waals surface area contributed by atoms with Gasteiger partial charge in [-0.2, -0.15) is 5.10 Å². The van der Waals surface area contributed by atoms with Gasteiger partial charge >= 0.3 is 0 Å². The van der Waals surface area contributed by atoms with E-state index in [1.54, 1.807) is 21.4 Å². The van der Waals surface area contributed by atoms with Crippen LogP contribution in [0.5, 0.6) is 0 Å². The Hall–Kier alpha value is -3.16. The number of piperidine rings is 1. The molecule has 164 valence electrons. The molecule has 0 unspecified atom stereocenters. The summed E-state index contributed by atoms with van der Waals surface area (Å²) in [6, 6.07) is 7.78. The minimum absolute atomic E-state index is 0.0569. The number of Topliss-reactive ketones (excluding diaryl/α,β-unsaturated/α-hetero) is 1. The lowest BCUT2D eigenvalue weighted by molar-refractivity contribution is -0.139. The molecular weight excluding hydrogens is 394 g/mol. The van der Waals surface area contributed by atoms with Gasteiger partial charge in [0.15, 0.2) is 5.78 Å². The van der Waals surface area contributed by atoms with Gasteiger partial charge in [0, 0.05) is 44.9 Å². The van der Waals surface area contributed by atoms with Crippen LogP contribution >= 0.6 is 0 Å². The van der Waals surface area contributed by atoms with E-state index in [1.807, 2.05) is 31.2 Å². The first-order chi connectivity index (χ1) is 14.8. The zero-order valence-electron chi connectivity index (χ0n) is 18.1. The average molecular weight is 424 g/mol. The predicted molar refractivity (Wildman–Crippen MR) is 117 cm³/mol. The van der Waals surface area contributed by atoms with Gasteiger partial charge < -0.3 is 15.5 Å². The SMILES string of the molecule is CC(=O)N1CCC(C(=O)N2CC[C@H](C(=O)c3cnn(-c4ccc(C)cc4)c3N)C2)CC1. The molecule has 1 aromatic carbocycles. The Morgan fingerprint density at radius 2 is 1.58 bits per heavy atom. The van der Waals surface area contributed by atoms with Gasteiger partial charge in [0.2, 0.25) is 11.8 Å². The van der Waals surface area contributed by atoms with E-state index in [-0.39, 0.29) is 29.4 Å². The summed E-state index contributed by atoms with van der Waals surface area (Å²) in [5, 5.41) is 4.32. The molecule has 8 heteroatoms. The lowest BCUT2D eigenvalue weighted by atomic mass is 9.95. The van der Waals surface area contributed by atoms with E-state index in [9.17, 15) is 14.4 Å². The quantitative estimate of drug-likeness (QED) is 0.759. The van der Waals surface area contributed by atoms with Crippen molar-refractivity contribution in [3.63, 3.8) is 0 Å². The number of hydrogen-bond donors (Lipinski definition) is 1. The van der Waals surface area contributed by atoms with Crippen LogP contribution in [0.2, 0.25) is 0 Å². The van der Waals surface area contributed by atoms with Crippen molar-refractivity contribution in [1.82, 2.24) is 19.6 Å². The highest BCUT2D eigenvalue weighted by Gasteiger charge is 2.36. The number of likely N-dealkylation sites (tertiary alicyclic amines) is 2. The smallest absolute Gasteiger partial charge is 0.225 e. The maximum Gasteiger partial charge on any atom is 0.225 e. The summed E-state index contributed by atoms with van der Waals surface area (Å²) in [6.45, 7) is 5.80. The summed E-state index contributed by atoms with van der Waals surface area (Å²) >= 11 is 0. The molecule has 31 heavy (non-hydrogen) atoms. The molecule has 2 amide bonds. The minimum atomic E-state index is -0.265. The average Bonchev–Trinajstić information content (AvgIpc) is 3.41. The standard InChI is InChI=1S/C23H29N5O3/c1-15-3-5-19(6-4-15)28-22(24)20(13-25-28)21(30)18-9-12-27(14-18)23(31)17-7-10-26(11-8-17)16(2)29/h3-6,13,17-18H,7-12,14,24H2,1-2H3/t18-/m0/s1. The number of nitrogen functional groups attached to an aromatic ring is 1. The molecule has 1 aromatic heterocycles. The van der Waals surface area contributed by atoms with Crippen molar-refractivity contribution in [2.75, 3.05) is 31.9 Å². The molecule has 0 radical (unpaired) electrons. The van der Waals surface area contributed by atoms with Crippen molar-refractivity contribution in [2.45, 2.75) is 33.1 Å². The molecule has 2 N–H and O–H groups in total. The third kappa shape index (κ3) is 4.19. The van der Waals surface area contributed by atoms with Crippen molar-refractivity contribution in [3.8, 4) is 5.69 Å². The van der Waals surface area contributed by atoms with Crippen molar-refractivity contribution < 1.29 is 14.4 Å². The monoisotopic (exact) mass is 423 g/mol. The van der Waals surface area contributed by atoms with Gasteiger partial charge in [-0.25, -0.2) is 4.68 Å². The first-order valence-electron chi connectivity index (χ1n) is 10.8. The summed E-state index contributed by atoms with van der Waals surface area (Å²) < 4.78 is 1.58. The molecule has 0 bridgehead atoms. The number of carbonyl (C=O) groups excluding carboxylic acids is 3. The summed E-state index contributed by atoms with van der Waals surface area (Å²) in [6.07, 6.45) is 3.53. The number of hydrogen-bond acceptors (Lipinski definition) is 5. The Morgan fingerprint density at radius 3 is 2.23 bits per heavy atom. The normalized spacial score (nSPS) is 19.6. The van der Waals surface area contributed by atoms with Crippen LogP contribution in [0.1, 0.15) is 42.1 Å². The van der Waals surface area contributed by atoms with Crippen LogP contribution in [0.3, 0.4) is 0 Å². The van der Waals surface area contributed by atoms with Crippen LogP contribution in [0, 0.1) is 18.8 Å². The number of benzene rings is 1. The predicted octanol–water partition coefficient (Wildman–Crippen LogP) is 2.05. The lowest BCUT2D eigenvalue weighted by Gasteiger charge is -2.32. The Labute approximate surface area is 182 Å². The second kappa shape index (κ2) is 8.53. The first kappa shape index (κ1) is 21.1. The summed E-state index contributed by atoms with van der Waals surface area (Å²) in [4.78, 5) is 41.1. The zero-order valence-corrected chi connectivity index (χ0v) is 18.1. The summed E-state index contributed by atoms with van der Waals surface area (Å²) in [7, 11) is 0. The maximum absolute atomic E-state index is 13.1. The molecule has 4 rings (SSSR count). The number of nitrogens with two attached hydrogens (primary N) is 1. The fraction of sp³-hybridized carbons (Fsp3) is 0.478. The third-order valence-electron chi connectivity index (χ3n) is 6.51. The molecule has 2 aliphatic rings. The van der Waals surface area contributed by atoms with E-state index in [2.05, 4.69) is 5.10 Å². The van der Waals surface area contributed by atoms with Gasteiger partial charge in [0.25, 0.3) is 0 Å². The second-order valence-corrected chi connectivity index (χ2v) is 8.61. The van der Waals surface area contributed by atoms with E-state index >= 15 is 0 Å². The molecule has 0 spiro atoms. The van der Waals surface area contributed by atoms with Crippen LogP contribution in [0.4, 0.5) is 5.82 Å². The Balaban J connectivity index is 1.39. The Bertz CT molecular complexity index is 989. The van der Waals surface area contributed by atoms with Gasteiger partial charge in [-0.3, -0.25) is 14.4 Å². The number of ketones is 1. The minimum Gasteiger partial charge on any atom is -0.383 e. The van der Waals surface area contributed by atoms with Crippen LogP contribution in [0.15, 0.2) is 30.5 Å². The molecule has 1 atom stereocenters. The number of amides is 2. The van der Waals surface area contributed by atoms with Gasteiger partial charge in [0.05, 0.1) is 17.4 Å². The number of aromatic nitrogens is 2. The maximum atomic E-state index is 13.1. The van der Waals surface area contributed by atoms with E-state index < -0.39 is 0 Å². The van der Waals surface area contributed by atoms with Crippen molar-refractivity contribution in [3.05, 3.63) is 41.6 Å². The van der Waals surface area contributed by atoms with Crippen molar-refractivity contribution in [2.24, 2.45) is 11.8 Å². The molecule has 3 heterocycles. The number of rotatable bonds is 4. The number of carbonyl (C=O) groups is 3. The molecular formula is C23H29N5O3. The molecule has 2 aromatic rings. The van der Waals surface area contributed by atoms with Gasteiger partial charge in [-0.15, -0.1) is 0 Å². The van der Waals surface area contributed by atoms with Gasteiger partial charge in [-0.05, 0) is 38.3 Å². The van der Waals surface area contributed by atoms with Gasteiger partial charge in [0.1, 0.15) is 5.82 Å². The fourth-order valence-electron chi connectivity index (χ4n) is 4.53. The number of nitrogens with zero attached hydrogens (tertiary/aromatic N) is 4. The van der Waals surface area contributed by atoms with E-state index in [1.165, 1.54) is 6.20 Å². The van der Waals surface area contributed by atoms with Crippen LogP contribution in [-0.2, 0) is 9.59 Å². The Kier molecular flexibility index (Phi) is 5.80. The molecule has 0 aliphatic carbocycles. The van der Waals surface area contributed by atoms with Crippen molar-refractivity contribution in [1.29, 1.82) is 0 Å². The number of aryl methyl sites for hydroxylation is 1. The fourth-order valence-corrected chi connectivity index (χ4v) is 4.53. The molecule has 0 saturated carbocycles. The highest BCUT2D eigenvalue weighted by atomic mass is 16.2. The van der Waals surface area contributed by atoms with Crippen LogP contribution in [0.25, 0.3) is 5.69 Å². The third-order valence-corrected chi connectivity index (χ3v) is 6.51. The van der Waals surface area contributed by atoms with Crippen molar-refractivity contribution >= 4 is 23.4 Å². The zero-order chi connectivity index (χ0) is 22.1. The number of anilines is 1. The van der Waals surface area contributed by atoms with E-state index in [0.29, 0.717) is 56.8 Å². The first-order valence-corrected chi connectivity index (χ1v) is 10.8. The highest BCUT2D eigenvalue weighted by molar-refractivity contribution is 6.02. The molecule has 2 fully saturated rings. The van der Waals surface area contributed by atoms with E-state index in [4.69, 9.17) is 5.73 Å². The van der Waals surface area contributed by atoms with Gasteiger partial charge in [-0.1, -0.05) is 17.7 Å². The topological polar surface area (TPSA) is 102 Å². The molecule has 2 saturated heterocycles. The summed E-state index contributed by atoms with van der Waals surface area (Å²) in [5.74, 6) is 0.0918. The lowest BCUT2D eigenvalue weighted by Crippen LogP contribution is -2.43. The molecule has 8 nitrogen and oxygen atoms in total. The van der Waals surface area contributed by atoms with E-state index in [0.717, 1.165) is 11.3 Å². The van der Waals surface area contributed by atoms with Crippen LogP contribution < -0.4 is 5.73 Å². The molecule has 2 aliphatic heterocycles. The second-order valence-electron chi connectivity index (χ2n) is 8.61. The summed E-state index contributed by atoms with van der Waals surface area (Å²) in [5.41, 5.74) is 8.61. The Morgan fingerprint density at radius 1 is 0.968 bits per heavy atom. The highest BCUT2D eigenvalue weighted by Crippen LogP contribution is 2.28. The van der Waals surface area contributed by atoms with Crippen LogP contribution in [-0.4, -0.2) is 63.4 Å². The largest absolute Gasteiger partial charge is 0.383 e.